The third-order valence-corrected chi connectivity index (χ3v) is 5.22. The molecule has 1 unspecified atom stereocenters. The zero-order valence-corrected chi connectivity index (χ0v) is 15.8. The maximum atomic E-state index is 12.6. The molecule has 7 nitrogen and oxygen atoms in total. The smallest absolute Gasteiger partial charge is 0.328 e. The molecular weight excluding hydrogens is 378 g/mol. The lowest BCUT2D eigenvalue weighted by Gasteiger charge is -2.15. The number of H-pyrrole nitrogens is 1. The third-order valence-electron chi connectivity index (χ3n) is 4.36. The predicted molar refractivity (Wildman–Crippen MR) is 105 cm³/mol. The van der Waals surface area contributed by atoms with Crippen molar-refractivity contribution in [2.24, 2.45) is 0 Å². The number of fused-ring (bicyclic) bond motifs is 1. The van der Waals surface area contributed by atoms with Crippen LogP contribution in [0.5, 0.6) is 0 Å². The van der Waals surface area contributed by atoms with Gasteiger partial charge in [-0.3, -0.25) is 4.79 Å². The number of aromatic nitrogens is 2. The molecule has 4 rings (SSSR count). The lowest BCUT2D eigenvalue weighted by atomic mass is 10.0. The van der Waals surface area contributed by atoms with Gasteiger partial charge in [-0.25, -0.2) is 9.78 Å². The summed E-state index contributed by atoms with van der Waals surface area (Å²) in [6.45, 7) is 0. The Morgan fingerprint density at radius 3 is 2.93 bits per heavy atom. The third kappa shape index (κ3) is 3.54. The van der Waals surface area contributed by atoms with Crippen LogP contribution < -0.4 is 5.32 Å². The second kappa shape index (κ2) is 7.69. The van der Waals surface area contributed by atoms with E-state index in [1.165, 1.54) is 18.4 Å². The molecule has 0 aliphatic carbocycles. The monoisotopic (exact) mass is 395 g/mol. The number of carbonyl (C=O) groups is 2. The number of esters is 1. The molecule has 0 spiro atoms. The number of nitrogens with one attached hydrogen (secondary N) is 2. The maximum Gasteiger partial charge on any atom is 0.328 e. The van der Waals surface area contributed by atoms with Crippen molar-refractivity contribution in [3.63, 3.8) is 0 Å². The van der Waals surface area contributed by atoms with Gasteiger partial charge in [-0.1, -0.05) is 18.2 Å². The summed E-state index contributed by atoms with van der Waals surface area (Å²) in [4.78, 5) is 32.4. The molecule has 0 saturated heterocycles. The minimum Gasteiger partial charge on any atom is -0.467 e. The summed E-state index contributed by atoms with van der Waals surface area (Å²) < 4.78 is 10.2. The minimum absolute atomic E-state index is 0.226. The molecule has 3 aromatic heterocycles. The zero-order valence-electron chi connectivity index (χ0n) is 15.0. The fourth-order valence-electron chi connectivity index (χ4n) is 2.98. The molecule has 0 bridgehead atoms. The normalized spacial score (nSPS) is 12.0. The Bertz CT molecular complexity index is 1110. The molecule has 4 aromatic rings. The van der Waals surface area contributed by atoms with E-state index in [0.717, 1.165) is 16.5 Å². The molecule has 0 fully saturated rings. The minimum atomic E-state index is -0.828. The van der Waals surface area contributed by atoms with E-state index in [-0.39, 0.29) is 5.69 Å². The van der Waals surface area contributed by atoms with Gasteiger partial charge in [0, 0.05) is 28.9 Å². The number of hydrogen-bond acceptors (Lipinski definition) is 6. The summed E-state index contributed by atoms with van der Waals surface area (Å²) in [5.74, 6) is -0.364. The van der Waals surface area contributed by atoms with Gasteiger partial charge in [0.1, 0.15) is 11.7 Å². The lowest BCUT2D eigenvalue weighted by Crippen LogP contribution is -2.43. The van der Waals surface area contributed by atoms with Crippen LogP contribution in [0.25, 0.3) is 21.7 Å². The Morgan fingerprint density at radius 2 is 2.14 bits per heavy atom. The van der Waals surface area contributed by atoms with Crippen LogP contribution in [0.4, 0.5) is 0 Å². The average Bonchev–Trinajstić information content (AvgIpc) is 3.46. The molecule has 0 saturated carbocycles. The van der Waals surface area contributed by atoms with Crippen molar-refractivity contribution in [2.75, 3.05) is 7.11 Å². The molecule has 0 aliphatic heterocycles. The van der Waals surface area contributed by atoms with E-state index in [4.69, 9.17) is 9.15 Å². The van der Waals surface area contributed by atoms with Gasteiger partial charge in [0.25, 0.3) is 5.91 Å². The standard InChI is InChI=1S/C20H17N3O4S/c1-26-20(25)15(9-12-10-21-14-6-3-2-5-13(12)14)22-18(24)16-11-28-19(23-16)17-7-4-8-27-17/h2-8,10-11,15,21H,9H2,1H3,(H,22,24). The van der Waals surface area contributed by atoms with Crippen molar-refractivity contribution in [1.82, 2.24) is 15.3 Å². The highest BCUT2D eigenvalue weighted by atomic mass is 32.1. The van der Waals surface area contributed by atoms with Crippen molar-refractivity contribution in [3.05, 3.63) is 65.5 Å². The molecule has 0 radical (unpaired) electrons. The Morgan fingerprint density at radius 1 is 1.29 bits per heavy atom. The fraction of sp³-hybridized carbons (Fsp3) is 0.150. The predicted octanol–water partition coefficient (Wildman–Crippen LogP) is 3.40. The SMILES string of the molecule is COC(=O)C(Cc1c[nH]c2ccccc12)NC(=O)c1csc(-c2ccco2)n1. The van der Waals surface area contributed by atoms with Crippen LogP contribution in [0.3, 0.4) is 0 Å². The first-order valence-electron chi connectivity index (χ1n) is 8.59. The summed E-state index contributed by atoms with van der Waals surface area (Å²) in [6, 6.07) is 10.5. The molecule has 1 amide bonds. The number of carbonyl (C=O) groups excluding carboxylic acids is 2. The molecule has 28 heavy (non-hydrogen) atoms. The summed E-state index contributed by atoms with van der Waals surface area (Å²) in [5, 5.41) is 5.96. The highest BCUT2D eigenvalue weighted by Gasteiger charge is 2.25. The number of aromatic amines is 1. The van der Waals surface area contributed by atoms with Crippen LogP contribution in [0.1, 0.15) is 16.1 Å². The van der Waals surface area contributed by atoms with Crippen LogP contribution >= 0.6 is 11.3 Å². The number of hydrogen-bond donors (Lipinski definition) is 2. The number of ether oxygens (including phenoxy) is 1. The fourth-order valence-corrected chi connectivity index (χ4v) is 3.75. The molecule has 1 aromatic carbocycles. The first-order valence-corrected chi connectivity index (χ1v) is 9.47. The van der Waals surface area contributed by atoms with E-state index in [1.807, 2.05) is 30.5 Å². The highest BCUT2D eigenvalue weighted by molar-refractivity contribution is 7.13. The molecule has 142 valence electrons. The molecule has 1 atom stereocenters. The van der Waals surface area contributed by atoms with E-state index in [2.05, 4.69) is 15.3 Å². The molecule has 2 N–H and O–H groups in total. The second-order valence-electron chi connectivity index (χ2n) is 6.13. The number of rotatable bonds is 6. The number of amides is 1. The van der Waals surface area contributed by atoms with Crippen molar-refractivity contribution in [2.45, 2.75) is 12.5 Å². The van der Waals surface area contributed by atoms with E-state index in [0.29, 0.717) is 17.2 Å². The van der Waals surface area contributed by atoms with Crippen LogP contribution in [0.15, 0.2) is 58.7 Å². The van der Waals surface area contributed by atoms with Gasteiger partial charge in [0.2, 0.25) is 0 Å². The van der Waals surface area contributed by atoms with E-state index >= 15 is 0 Å². The van der Waals surface area contributed by atoms with Crippen LogP contribution in [-0.2, 0) is 16.0 Å². The number of methoxy groups -OCH3 is 1. The van der Waals surface area contributed by atoms with Crippen molar-refractivity contribution < 1.29 is 18.7 Å². The Labute approximate surface area is 164 Å². The summed E-state index contributed by atoms with van der Waals surface area (Å²) in [6.07, 6.45) is 3.69. The van der Waals surface area contributed by atoms with Gasteiger partial charge in [-0.05, 0) is 23.8 Å². The number of furan rings is 1. The molecular formula is C20H17N3O4S. The maximum absolute atomic E-state index is 12.6. The van der Waals surface area contributed by atoms with Crippen molar-refractivity contribution >= 4 is 34.1 Å². The summed E-state index contributed by atoms with van der Waals surface area (Å²) >= 11 is 1.30. The van der Waals surface area contributed by atoms with Gasteiger partial charge in [0.05, 0.1) is 13.4 Å². The van der Waals surface area contributed by atoms with Crippen LogP contribution in [0, 0.1) is 0 Å². The topological polar surface area (TPSA) is 97.2 Å². The highest BCUT2D eigenvalue weighted by Crippen LogP contribution is 2.24. The zero-order chi connectivity index (χ0) is 19.5. The molecule has 3 heterocycles. The van der Waals surface area contributed by atoms with Crippen molar-refractivity contribution in [1.29, 1.82) is 0 Å². The molecule has 8 heteroatoms. The average molecular weight is 395 g/mol. The van der Waals surface area contributed by atoms with Crippen LogP contribution in [0.2, 0.25) is 0 Å². The quantitative estimate of drug-likeness (QED) is 0.488. The summed E-state index contributed by atoms with van der Waals surface area (Å²) in [5.41, 5.74) is 2.11. The number of benzene rings is 1. The first kappa shape index (κ1) is 18.0. The number of nitrogens with zero attached hydrogens (tertiary/aromatic N) is 1. The number of thiazole rings is 1. The van der Waals surface area contributed by atoms with Gasteiger partial charge >= 0.3 is 5.97 Å². The van der Waals surface area contributed by atoms with E-state index < -0.39 is 17.9 Å². The first-order chi connectivity index (χ1) is 13.7. The second-order valence-corrected chi connectivity index (χ2v) is 6.99. The largest absolute Gasteiger partial charge is 0.467 e. The molecule has 0 aliphatic rings. The van der Waals surface area contributed by atoms with Gasteiger partial charge in [-0.2, -0.15) is 0 Å². The Kier molecular flexibility index (Phi) is 4.94. The van der Waals surface area contributed by atoms with Crippen LogP contribution in [-0.4, -0.2) is 35.0 Å². The van der Waals surface area contributed by atoms with Gasteiger partial charge < -0.3 is 19.5 Å². The lowest BCUT2D eigenvalue weighted by molar-refractivity contribution is -0.142. The van der Waals surface area contributed by atoms with Crippen molar-refractivity contribution in [3.8, 4) is 10.8 Å². The number of para-hydroxylation sites is 1. The van der Waals surface area contributed by atoms with Gasteiger partial charge in [0.15, 0.2) is 10.8 Å². The van der Waals surface area contributed by atoms with E-state index in [9.17, 15) is 9.59 Å². The van der Waals surface area contributed by atoms with Gasteiger partial charge in [-0.15, -0.1) is 11.3 Å². The Hall–Kier alpha value is -3.39. The Balaban J connectivity index is 1.53. The summed E-state index contributed by atoms with van der Waals surface area (Å²) in [7, 11) is 1.30. The van der Waals surface area contributed by atoms with E-state index in [1.54, 1.807) is 23.8 Å².